The van der Waals surface area contributed by atoms with Gasteiger partial charge >= 0.3 is 0 Å². The molecule has 0 bridgehead atoms. The number of hydrogen-bond acceptors (Lipinski definition) is 7. The number of pyridine rings is 1. The van der Waals surface area contributed by atoms with Gasteiger partial charge in [-0.05, 0) is 43.0 Å². The van der Waals surface area contributed by atoms with E-state index in [0.29, 0.717) is 54.6 Å². The predicted octanol–water partition coefficient (Wildman–Crippen LogP) is 2.63. The van der Waals surface area contributed by atoms with Crippen LogP contribution in [0.15, 0.2) is 30.5 Å². The molecule has 7 rings (SSSR count). The Bertz CT molecular complexity index is 1330. The number of nitrogens with zero attached hydrogens (tertiary/aromatic N) is 5. The van der Waals surface area contributed by atoms with Crippen molar-refractivity contribution in [3.63, 3.8) is 0 Å². The smallest absolute Gasteiger partial charge is 0.255 e. The molecule has 10 nitrogen and oxygen atoms in total. The van der Waals surface area contributed by atoms with Gasteiger partial charge in [0, 0.05) is 68.2 Å². The van der Waals surface area contributed by atoms with Crippen LogP contribution in [0.4, 0.5) is 0 Å². The lowest BCUT2D eigenvalue weighted by Crippen LogP contribution is -2.35. The molecular formula is C27H30N6O4. The van der Waals surface area contributed by atoms with E-state index in [9.17, 15) is 9.59 Å². The number of fused-ring (bicyclic) bond motifs is 2. The number of carbonyl (C=O) groups is 2. The van der Waals surface area contributed by atoms with Gasteiger partial charge in [0.25, 0.3) is 11.8 Å². The lowest BCUT2D eigenvalue weighted by molar-refractivity contribution is 0.0233. The van der Waals surface area contributed by atoms with Gasteiger partial charge in [-0.25, -0.2) is 4.98 Å². The molecule has 4 fully saturated rings. The van der Waals surface area contributed by atoms with E-state index in [1.54, 1.807) is 18.3 Å². The average molecular weight is 503 g/mol. The third kappa shape index (κ3) is 4.33. The van der Waals surface area contributed by atoms with Crippen molar-refractivity contribution in [3.05, 3.63) is 47.2 Å². The minimum absolute atomic E-state index is 0.00979. The van der Waals surface area contributed by atoms with Crippen LogP contribution in [0.3, 0.4) is 0 Å². The molecule has 0 radical (unpaired) electrons. The molecule has 37 heavy (non-hydrogen) atoms. The molecule has 3 aromatic rings. The fourth-order valence-electron chi connectivity index (χ4n) is 5.99. The summed E-state index contributed by atoms with van der Waals surface area (Å²) in [6.45, 7) is 4.08. The maximum absolute atomic E-state index is 13.4. The van der Waals surface area contributed by atoms with Gasteiger partial charge in [0.2, 0.25) is 5.88 Å². The minimum Gasteiger partial charge on any atom is -0.474 e. The van der Waals surface area contributed by atoms with Crippen molar-refractivity contribution < 1.29 is 19.1 Å². The van der Waals surface area contributed by atoms with E-state index in [-0.39, 0.29) is 29.8 Å². The maximum Gasteiger partial charge on any atom is 0.255 e. The Hall–Kier alpha value is -3.53. The van der Waals surface area contributed by atoms with Crippen molar-refractivity contribution >= 4 is 22.8 Å². The summed E-state index contributed by atoms with van der Waals surface area (Å²) in [6, 6.07) is 7.40. The number of aromatic amines is 1. The van der Waals surface area contributed by atoms with Crippen LogP contribution in [0.1, 0.15) is 57.9 Å². The number of H-pyrrole nitrogens is 1. The topological polar surface area (TPSA) is 114 Å². The number of aromatic nitrogens is 4. The number of ether oxygens (including phenoxy) is 2. The number of hydrogen-bond donors (Lipinski definition) is 1. The molecule has 3 saturated heterocycles. The molecule has 3 aliphatic heterocycles. The van der Waals surface area contributed by atoms with Gasteiger partial charge in [-0.3, -0.25) is 9.59 Å². The third-order valence-corrected chi connectivity index (χ3v) is 8.21. The van der Waals surface area contributed by atoms with E-state index in [0.717, 1.165) is 50.0 Å². The molecule has 4 aliphatic rings. The summed E-state index contributed by atoms with van der Waals surface area (Å²) in [5.74, 6) is 1.73. The second-order valence-electron chi connectivity index (χ2n) is 10.8. The van der Waals surface area contributed by atoms with Crippen molar-refractivity contribution in [2.75, 3.05) is 39.4 Å². The molecule has 10 heteroatoms. The number of likely N-dealkylation sites (tertiary alicyclic amines) is 2. The number of carbonyl (C=O) groups excluding carboxylic acids is 2. The first-order valence-electron chi connectivity index (χ1n) is 13.3. The molecule has 2 aromatic heterocycles. The summed E-state index contributed by atoms with van der Waals surface area (Å²) >= 11 is 0. The quantitative estimate of drug-likeness (QED) is 0.571. The zero-order chi connectivity index (χ0) is 24.9. The Balaban J connectivity index is 1.01. The minimum atomic E-state index is 0.00979. The average Bonchev–Trinajstić information content (AvgIpc) is 3.33. The van der Waals surface area contributed by atoms with Crippen LogP contribution < -0.4 is 4.74 Å². The van der Waals surface area contributed by atoms with Gasteiger partial charge < -0.3 is 19.3 Å². The first-order chi connectivity index (χ1) is 18.1. The Kier molecular flexibility index (Phi) is 5.57. The van der Waals surface area contributed by atoms with Crippen molar-refractivity contribution in [1.82, 2.24) is 30.2 Å². The highest BCUT2D eigenvalue weighted by Gasteiger charge is 2.43. The van der Waals surface area contributed by atoms with Gasteiger partial charge in [0.15, 0.2) is 0 Å². The first kappa shape index (κ1) is 22.7. The summed E-state index contributed by atoms with van der Waals surface area (Å²) in [5, 5.41) is 10.7. The van der Waals surface area contributed by atoms with E-state index in [4.69, 9.17) is 9.47 Å². The number of nitrogens with one attached hydrogen (secondary N) is 1. The predicted molar refractivity (Wildman–Crippen MR) is 133 cm³/mol. The third-order valence-electron chi connectivity index (χ3n) is 8.21. The Morgan fingerprint density at radius 1 is 0.865 bits per heavy atom. The normalized spacial score (nSPS) is 24.0. The number of rotatable bonds is 5. The largest absolute Gasteiger partial charge is 0.474 e. The Labute approximate surface area is 214 Å². The number of benzene rings is 1. The summed E-state index contributed by atoms with van der Waals surface area (Å²) in [7, 11) is 0. The monoisotopic (exact) mass is 502 g/mol. The molecular weight excluding hydrogens is 472 g/mol. The van der Waals surface area contributed by atoms with Crippen LogP contribution in [0.5, 0.6) is 5.88 Å². The molecule has 2 atom stereocenters. The Morgan fingerprint density at radius 2 is 1.54 bits per heavy atom. The first-order valence-corrected chi connectivity index (χ1v) is 13.3. The molecule has 192 valence electrons. The van der Waals surface area contributed by atoms with Gasteiger partial charge in [0.05, 0.1) is 18.8 Å². The summed E-state index contributed by atoms with van der Waals surface area (Å²) in [4.78, 5) is 35.0. The van der Waals surface area contributed by atoms with Crippen LogP contribution >= 0.6 is 0 Å². The van der Waals surface area contributed by atoms with E-state index >= 15 is 0 Å². The molecule has 1 N–H and O–H groups in total. The van der Waals surface area contributed by atoms with Gasteiger partial charge in [-0.2, -0.15) is 15.4 Å². The van der Waals surface area contributed by atoms with Crippen LogP contribution in [-0.2, 0) is 4.74 Å². The van der Waals surface area contributed by atoms with E-state index in [1.165, 1.54) is 0 Å². The van der Waals surface area contributed by atoms with Gasteiger partial charge in [0.1, 0.15) is 17.1 Å². The SMILES string of the molecule is O=C(c1cnc(OC2CCOCC2)c(C2CC2)c1)N1CC2CN(C(=O)c3ccc4n[nH]nc4c3)CC2C1. The summed E-state index contributed by atoms with van der Waals surface area (Å²) in [5.41, 5.74) is 3.75. The van der Waals surface area contributed by atoms with Crippen molar-refractivity contribution in [2.45, 2.75) is 37.7 Å². The standard InChI is InChI=1S/C27H30N6O4/c34-26(17-3-4-23-24(10-17)30-31-29-23)32-12-19-14-33(15-20(19)13-32)27(35)18-9-22(16-1-2-16)25(28-11-18)37-21-5-7-36-8-6-21/h3-4,9-11,16,19-21H,1-2,5-8,12-15H2,(H,29,30,31). The van der Waals surface area contributed by atoms with Crippen LogP contribution in [0, 0.1) is 11.8 Å². The van der Waals surface area contributed by atoms with E-state index < -0.39 is 0 Å². The molecule has 2 unspecified atom stereocenters. The van der Waals surface area contributed by atoms with Gasteiger partial charge in [-0.1, -0.05) is 0 Å². The van der Waals surface area contributed by atoms with Crippen LogP contribution in [-0.4, -0.2) is 87.5 Å². The van der Waals surface area contributed by atoms with Crippen molar-refractivity contribution in [2.24, 2.45) is 11.8 Å². The fourth-order valence-corrected chi connectivity index (χ4v) is 5.99. The molecule has 0 spiro atoms. The zero-order valence-corrected chi connectivity index (χ0v) is 20.6. The highest BCUT2D eigenvalue weighted by atomic mass is 16.5. The highest BCUT2D eigenvalue weighted by Crippen LogP contribution is 2.44. The fraction of sp³-hybridized carbons (Fsp3) is 0.519. The van der Waals surface area contributed by atoms with Gasteiger partial charge in [-0.15, -0.1) is 0 Å². The van der Waals surface area contributed by atoms with Crippen molar-refractivity contribution in [3.8, 4) is 5.88 Å². The van der Waals surface area contributed by atoms with Crippen LogP contribution in [0.2, 0.25) is 0 Å². The molecule has 1 aromatic carbocycles. The number of amides is 2. The zero-order valence-electron chi connectivity index (χ0n) is 20.6. The lowest BCUT2D eigenvalue weighted by atomic mass is 10.0. The maximum atomic E-state index is 13.4. The molecule has 1 aliphatic carbocycles. The lowest BCUT2D eigenvalue weighted by Gasteiger charge is -2.24. The second-order valence-corrected chi connectivity index (χ2v) is 10.8. The van der Waals surface area contributed by atoms with E-state index in [2.05, 4.69) is 20.4 Å². The molecule has 2 amide bonds. The summed E-state index contributed by atoms with van der Waals surface area (Å²) < 4.78 is 11.7. The second kappa shape index (κ2) is 9.09. The van der Waals surface area contributed by atoms with Crippen molar-refractivity contribution in [1.29, 1.82) is 0 Å². The molecule has 5 heterocycles. The summed E-state index contributed by atoms with van der Waals surface area (Å²) in [6.07, 6.45) is 5.78. The van der Waals surface area contributed by atoms with Crippen LogP contribution in [0.25, 0.3) is 11.0 Å². The Morgan fingerprint density at radius 3 is 2.24 bits per heavy atom. The van der Waals surface area contributed by atoms with E-state index in [1.807, 2.05) is 21.9 Å². The molecule has 1 saturated carbocycles. The highest BCUT2D eigenvalue weighted by molar-refractivity contribution is 5.97.